The zero-order chi connectivity index (χ0) is 12.8. The Labute approximate surface area is 113 Å². The predicted molar refractivity (Wildman–Crippen MR) is 78.4 cm³/mol. The molecule has 2 saturated carbocycles. The lowest BCUT2D eigenvalue weighted by atomic mass is 9.53. The lowest BCUT2D eigenvalue weighted by Crippen LogP contribution is -2.43. The first-order valence-electron chi connectivity index (χ1n) is 8.24. The van der Waals surface area contributed by atoms with E-state index in [4.69, 9.17) is 0 Å². The van der Waals surface area contributed by atoms with Gasteiger partial charge in [-0.3, -0.25) is 0 Å². The Morgan fingerprint density at radius 2 is 1.83 bits per heavy atom. The molecule has 0 N–H and O–H groups in total. The Morgan fingerprint density at radius 3 is 2.56 bits per heavy atom. The Kier molecular flexibility index (Phi) is 3.32. The third kappa shape index (κ3) is 2.17. The van der Waals surface area contributed by atoms with Gasteiger partial charge in [-0.05, 0) is 55.3 Å². The van der Waals surface area contributed by atoms with Gasteiger partial charge in [0.05, 0.1) is 0 Å². The molecule has 102 valence electrons. The van der Waals surface area contributed by atoms with Crippen LogP contribution in [-0.4, -0.2) is 0 Å². The summed E-state index contributed by atoms with van der Waals surface area (Å²) in [7, 11) is 0. The van der Waals surface area contributed by atoms with E-state index < -0.39 is 0 Å². The Morgan fingerprint density at radius 1 is 1.11 bits per heavy atom. The molecule has 3 aliphatic rings. The van der Waals surface area contributed by atoms with Gasteiger partial charge in [-0.1, -0.05) is 57.6 Å². The van der Waals surface area contributed by atoms with Crippen molar-refractivity contribution in [2.24, 2.45) is 29.1 Å². The fraction of sp³-hybridized carbons (Fsp3) is 0.889. The Balaban J connectivity index is 1.83. The SMILES string of the molecule is CC1=CC[C@H]2C[C@@H]1[C@H](C1CCCCC1)CC2(C)C. The van der Waals surface area contributed by atoms with Crippen molar-refractivity contribution in [3.05, 3.63) is 11.6 Å². The number of hydrogen-bond acceptors (Lipinski definition) is 0. The summed E-state index contributed by atoms with van der Waals surface area (Å²) in [5.74, 6) is 3.96. The molecule has 0 aromatic carbocycles. The first kappa shape index (κ1) is 12.8. The highest BCUT2D eigenvalue weighted by Crippen LogP contribution is 2.55. The van der Waals surface area contributed by atoms with E-state index in [1.54, 1.807) is 5.57 Å². The van der Waals surface area contributed by atoms with E-state index in [0.29, 0.717) is 5.41 Å². The predicted octanol–water partition coefficient (Wildman–Crippen LogP) is 5.59. The molecule has 0 aromatic rings. The maximum absolute atomic E-state index is 2.58. The first-order chi connectivity index (χ1) is 8.58. The molecule has 0 aliphatic heterocycles. The monoisotopic (exact) mass is 246 g/mol. The van der Waals surface area contributed by atoms with Gasteiger partial charge in [0, 0.05) is 0 Å². The van der Waals surface area contributed by atoms with E-state index in [2.05, 4.69) is 26.8 Å². The van der Waals surface area contributed by atoms with Gasteiger partial charge in [0.1, 0.15) is 0 Å². The average Bonchev–Trinajstić information content (AvgIpc) is 2.37. The van der Waals surface area contributed by atoms with Crippen LogP contribution in [0.25, 0.3) is 0 Å². The maximum Gasteiger partial charge on any atom is -0.0172 e. The summed E-state index contributed by atoms with van der Waals surface area (Å²) in [4.78, 5) is 0. The normalized spacial score (nSPS) is 40.4. The number of rotatable bonds is 1. The third-order valence-corrected chi connectivity index (χ3v) is 6.49. The van der Waals surface area contributed by atoms with Crippen LogP contribution in [0.1, 0.15) is 72.1 Å². The Bertz CT molecular complexity index is 330. The molecule has 0 radical (unpaired) electrons. The molecule has 0 saturated heterocycles. The van der Waals surface area contributed by atoms with Gasteiger partial charge in [-0.25, -0.2) is 0 Å². The molecule has 3 atom stereocenters. The number of fused-ring (bicyclic) bond motifs is 2. The van der Waals surface area contributed by atoms with Crippen molar-refractivity contribution in [2.75, 3.05) is 0 Å². The van der Waals surface area contributed by atoms with Crippen molar-refractivity contribution in [2.45, 2.75) is 72.1 Å². The fourth-order valence-electron chi connectivity index (χ4n) is 5.19. The molecule has 0 heteroatoms. The first-order valence-corrected chi connectivity index (χ1v) is 8.24. The summed E-state index contributed by atoms with van der Waals surface area (Å²) >= 11 is 0. The van der Waals surface area contributed by atoms with Gasteiger partial charge < -0.3 is 0 Å². The molecule has 0 spiro atoms. The molecule has 0 heterocycles. The average molecular weight is 246 g/mol. The molecule has 0 amide bonds. The standard InChI is InChI=1S/C18H30/c1-13-9-10-15-11-16(13)17(12-18(15,2)3)14-7-5-4-6-8-14/h9,14-17H,4-8,10-12H2,1-3H3/t15-,16-,17-/m0/s1. The van der Waals surface area contributed by atoms with Gasteiger partial charge >= 0.3 is 0 Å². The topological polar surface area (TPSA) is 0 Å². The van der Waals surface area contributed by atoms with Gasteiger partial charge in [-0.2, -0.15) is 0 Å². The van der Waals surface area contributed by atoms with Crippen molar-refractivity contribution in [1.29, 1.82) is 0 Å². The van der Waals surface area contributed by atoms with E-state index in [1.165, 1.54) is 51.4 Å². The van der Waals surface area contributed by atoms with E-state index in [0.717, 1.165) is 23.7 Å². The lowest BCUT2D eigenvalue weighted by molar-refractivity contribution is 0.0153. The number of hydrogen-bond donors (Lipinski definition) is 0. The van der Waals surface area contributed by atoms with Gasteiger partial charge in [-0.15, -0.1) is 0 Å². The minimum absolute atomic E-state index is 0.593. The molecule has 18 heavy (non-hydrogen) atoms. The van der Waals surface area contributed by atoms with Crippen LogP contribution in [0.4, 0.5) is 0 Å². The van der Waals surface area contributed by atoms with Gasteiger partial charge in [0.15, 0.2) is 0 Å². The second-order valence-electron chi connectivity index (χ2n) is 7.98. The second kappa shape index (κ2) is 4.69. The summed E-state index contributed by atoms with van der Waals surface area (Å²) in [5, 5.41) is 0. The zero-order valence-electron chi connectivity index (χ0n) is 12.5. The van der Waals surface area contributed by atoms with Crippen LogP contribution in [0.15, 0.2) is 11.6 Å². The van der Waals surface area contributed by atoms with Crippen LogP contribution >= 0.6 is 0 Å². The van der Waals surface area contributed by atoms with Crippen LogP contribution in [0.5, 0.6) is 0 Å². The zero-order valence-corrected chi connectivity index (χ0v) is 12.5. The largest absolute Gasteiger partial charge is 0.0850 e. The molecule has 2 fully saturated rings. The quantitative estimate of drug-likeness (QED) is 0.529. The highest BCUT2D eigenvalue weighted by Gasteiger charge is 2.46. The van der Waals surface area contributed by atoms with Crippen LogP contribution in [0, 0.1) is 29.1 Å². The van der Waals surface area contributed by atoms with Crippen molar-refractivity contribution in [3.8, 4) is 0 Å². The highest BCUT2D eigenvalue weighted by atomic mass is 14.5. The minimum Gasteiger partial charge on any atom is -0.0850 e. The molecular formula is C18H30. The van der Waals surface area contributed by atoms with Crippen LogP contribution in [0.3, 0.4) is 0 Å². The van der Waals surface area contributed by atoms with E-state index in [-0.39, 0.29) is 0 Å². The summed E-state index contributed by atoms with van der Waals surface area (Å²) in [6.45, 7) is 7.49. The van der Waals surface area contributed by atoms with E-state index in [1.807, 2.05) is 0 Å². The van der Waals surface area contributed by atoms with E-state index >= 15 is 0 Å². The van der Waals surface area contributed by atoms with Crippen molar-refractivity contribution in [3.63, 3.8) is 0 Å². The van der Waals surface area contributed by atoms with Crippen molar-refractivity contribution < 1.29 is 0 Å². The van der Waals surface area contributed by atoms with Gasteiger partial charge in [0.2, 0.25) is 0 Å². The van der Waals surface area contributed by atoms with Crippen molar-refractivity contribution in [1.82, 2.24) is 0 Å². The van der Waals surface area contributed by atoms with Gasteiger partial charge in [0.25, 0.3) is 0 Å². The van der Waals surface area contributed by atoms with E-state index in [9.17, 15) is 0 Å². The fourth-order valence-corrected chi connectivity index (χ4v) is 5.19. The van der Waals surface area contributed by atoms with Crippen molar-refractivity contribution >= 4 is 0 Å². The molecule has 3 aliphatic carbocycles. The Hall–Kier alpha value is -0.260. The minimum atomic E-state index is 0.593. The van der Waals surface area contributed by atoms with Crippen LogP contribution in [0.2, 0.25) is 0 Å². The summed E-state index contributed by atoms with van der Waals surface area (Å²) in [5.41, 5.74) is 2.33. The van der Waals surface area contributed by atoms with Crippen LogP contribution in [-0.2, 0) is 0 Å². The molecule has 0 nitrogen and oxygen atoms in total. The smallest absolute Gasteiger partial charge is 0.0172 e. The molecular weight excluding hydrogens is 216 g/mol. The summed E-state index contributed by atoms with van der Waals surface area (Å²) < 4.78 is 0. The lowest BCUT2D eigenvalue weighted by Gasteiger charge is -2.52. The molecule has 0 unspecified atom stereocenters. The third-order valence-electron chi connectivity index (χ3n) is 6.49. The summed E-state index contributed by atoms with van der Waals surface area (Å²) in [6, 6.07) is 0. The highest BCUT2D eigenvalue weighted by molar-refractivity contribution is 5.15. The molecule has 2 bridgehead atoms. The molecule has 0 aromatic heterocycles. The maximum atomic E-state index is 2.58. The molecule has 3 rings (SSSR count). The second-order valence-corrected chi connectivity index (χ2v) is 7.98. The van der Waals surface area contributed by atoms with Crippen LogP contribution < -0.4 is 0 Å². The summed E-state index contributed by atoms with van der Waals surface area (Å²) in [6.07, 6.45) is 14.5. The number of allylic oxidation sites excluding steroid dienone is 2.